The fourth-order valence-corrected chi connectivity index (χ4v) is 5.44. The van der Waals surface area contributed by atoms with Crippen LogP contribution in [-0.2, 0) is 57.2 Å². The average Bonchev–Trinajstić information content (AvgIpc) is 3.19. The molecule has 9 nitrogen and oxygen atoms in total. The molecule has 4 rings (SSSR count). The molecular weight excluding hydrogens is 590 g/mol. The maximum atomic E-state index is 12.8. The van der Waals surface area contributed by atoms with E-state index < -0.39 is 12.3 Å². The summed E-state index contributed by atoms with van der Waals surface area (Å²) in [6, 6.07) is 9.34. The van der Waals surface area contributed by atoms with Crippen molar-refractivity contribution in [3.05, 3.63) is 47.5 Å². The molecule has 0 bridgehead atoms. The van der Waals surface area contributed by atoms with Gasteiger partial charge in [0, 0.05) is 42.4 Å². The van der Waals surface area contributed by atoms with Crippen LogP contribution in [-0.4, -0.2) is 59.0 Å². The van der Waals surface area contributed by atoms with Crippen molar-refractivity contribution >= 4 is 54.2 Å². The molecule has 2 aliphatic heterocycles. The molecule has 0 spiro atoms. The molecule has 36 heavy (non-hydrogen) atoms. The molecule has 2 unspecified atom stereocenters. The first-order valence-corrected chi connectivity index (χ1v) is 12.6. The third-order valence-corrected chi connectivity index (χ3v) is 7.05. The number of Topliss-reactive ketones (excluding diaryl/α,β-unsaturated/α-hetero) is 2. The summed E-state index contributed by atoms with van der Waals surface area (Å²) < 4.78 is 8.22. The zero-order valence-electron chi connectivity index (χ0n) is 19.0. The van der Waals surface area contributed by atoms with Gasteiger partial charge in [-0.25, -0.2) is 4.79 Å². The van der Waals surface area contributed by atoms with Gasteiger partial charge in [0.2, 0.25) is 0 Å². The first-order chi connectivity index (χ1) is 17.1. The summed E-state index contributed by atoms with van der Waals surface area (Å²) in [5.41, 5.74) is 1.76. The molecule has 0 aliphatic carbocycles. The molecule has 0 aromatic heterocycles. The van der Waals surface area contributed by atoms with Crippen molar-refractivity contribution < 1.29 is 52.1 Å². The third-order valence-electron chi connectivity index (χ3n) is 6.39. The van der Waals surface area contributed by atoms with Gasteiger partial charge in [0.25, 0.3) is 0 Å². The molecule has 189 valence electrons. The van der Waals surface area contributed by atoms with Gasteiger partial charge in [-0.1, -0.05) is 18.2 Å². The van der Waals surface area contributed by atoms with Crippen molar-refractivity contribution in [3.8, 4) is 0 Å². The number of carbonyl (C=O) groups is 3. The Morgan fingerprint density at radius 2 is 1.58 bits per heavy atom. The van der Waals surface area contributed by atoms with E-state index in [1.807, 2.05) is 9.80 Å². The summed E-state index contributed by atoms with van der Waals surface area (Å²) in [7, 11) is 0. The number of aromatic carboxylic acids is 1. The van der Waals surface area contributed by atoms with E-state index in [0.29, 0.717) is 52.7 Å². The number of hydrogen-bond donors (Lipinski definition) is 3. The van der Waals surface area contributed by atoms with E-state index in [4.69, 9.17) is 33.9 Å². The molecule has 12 heteroatoms. The van der Waals surface area contributed by atoms with Crippen LogP contribution in [0.4, 0.5) is 11.4 Å². The molecule has 2 aromatic rings. The van der Waals surface area contributed by atoms with Crippen LogP contribution in [0.3, 0.4) is 0 Å². The van der Waals surface area contributed by atoms with E-state index in [-0.39, 0.29) is 42.1 Å². The molecule has 0 amide bonds. The number of aliphatic hydroxyl groups is 2. The number of ketones is 2. The van der Waals surface area contributed by atoms with E-state index in [0.717, 1.165) is 18.9 Å². The van der Waals surface area contributed by atoms with Crippen LogP contribution >= 0.6 is 0 Å². The summed E-state index contributed by atoms with van der Waals surface area (Å²) in [5, 5.41) is 27.8. The van der Waals surface area contributed by atoms with Crippen LogP contribution in [0, 0.1) is 11.8 Å². The monoisotopic (exact) mass is 613 g/mol. The Balaban J connectivity index is 0.00000176. The van der Waals surface area contributed by atoms with E-state index in [1.54, 1.807) is 18.2 Å². The number of aliphatic hydroxyl groups excluding tert-OH is 1. The van der Waals surface area contributed by atoms with Gasteiger partial charge in [-0.05, 0) is 30.5 Å². The number of hydrogen-bond acceptors (Lipinski definition) is 10. The summed E-state index contributed by atoms with van der Waals surface area (Å²) >= 11 is 11.7. The number of carboxylic acids is 1. The van der Waals surface area contributed by atoms with Crippen LogP contribution in [0.15, 0.2) is 46.2 Å². The van der Waals surface area contributed by atoms with Gasteiger partial charge in [0.15, 0.2) is 17.9 Å². The van der Waals surface area contributed by atoms with E-state index in [1.165, 1.54) is 18.2 Å². The predicted octanol–water partition coefficient (Wildman–Crippen LogP) is 1.55. The Hall–Kier alpha value is -2.34. The number of piperidine rings is 1. The maximum absolute atomic E-state index is 12.8. The van der Waals surface area contributed by atoms with Crippen molar-refractivity contribution in [2.45, 2.75) is 28.9 Å². The quantitative estimate of drug-likeness (QED) is 0.323. The number of benzene rings is 2. The number of anilines is 2. The van der Waals surface area contributed by atoms with Crippen LogP contribution in [0.5, 0.6) is 0 Å². The Morgan fingerprint density at radius 1 is 0.972 bits per heavy atom. The van der Waals surface area contributed by atoms with Gasteiger partial charge < -0.3 is 50.4 Å². The Labute approximate surface area is 229 Å². The van der Waals surface area contributed by atoms with Gasteiger partial charge in [0.05, 0.1) is 18.7 Å². The SMILES string of the molecule is O=C1CC(CC2CN(c3ccc(C(O)O)cc3[S-])CC2=O)CN(c2ccc(C(=O)O)cc2[S-])C1.[O]=[Tc+4]. The molecule has 2 saturated heterocycles. The zero-order chi connectivity index (χ0) is 26.6. The summed E-state index contributed by atoms with van der Waals surface area (Å²) in [5.74, 6) is -1.19. The second-order valence-electron chi connectivity index (χ2n) is 8.86. The fraction of sp³-hybridized carbons (Fsp3) is 0.375. The number of rotatable bonds is 6. The Bertz CT molecular complexity index is 1160. The first kappa shape index (κ1) is 28.2. The zero-order valence-corrected chi connectivity index (χ0v) is 22.5. The molecule has 0 radical (unpaired) electrons. The normalized spacial score (nSPS) is 19.9. The first-order valence-electron chi connectivity index (χ1n) is 11.0. The summed E-state index contributed by atoms with van der Waals surface area (Å²) in [4.78, 5) is 41.1. The van der Waals surface area contributed by atoms with Gasteiger partial charge in [-0.15, -0.1) is 0 Å². The fourth-order valence-electron chi connectivity index (χ4n) is 4.78. The standard InChI is InChI=1S/C24H26N2O6S2.O.Tc/c27-17-6-13(9-25(11-17)18-3-1-14(23(29)30)7-21(18)33)5-16-10-26(12-20(16)28)19-4-2-15(24(31)32)8-22(19)34;;/h1-4,7-8,13,16,24,31-34H,5-6,9-12H2,(H,29,30);;/q;;+4/p-2. The number of carbonyl (C=O) groups excluding carboxylic acids is 2. The van der Waals surface area contributed by atoms with E-state index in [9.17, 15) is 24.6 Å². The summed E-state index contributed by atoms with van der Waals surface area (Å²) in [6.45, 7) is 1.46. The molecule has 2 aromatic carbocycles. The molecular formula is C24H24N2O7S2Tc+2. The van der Waals surface area contributed by atoms with Crippen LogP contribution in [0.2, 0.25) is 0 Å². The second-order valence-corrected chi connectivity index (χ2v) is 9.74. The third kappa shape index (κ3) is 6.50. The van der Waals surface area contributed by atoms with Gasteiger partial charge in [-0.2, -0.15) is 9.79 Å². The Kier molecular flexibility index (Phi) is 9.62. The van der Waals surface area contributed by atoms with Crippen molar-refractivity contribution in [2.75, 3.05) is 36.0 Å². The van der Waals surface area contributed by atoms with Crippen LogP contribution in [0.1, 0.15) is 35.1 Å². The van der Waals surface area contributed by atoms with Gasteiger partial charge >= 0.3 is 28.3 Å². The summed E-state index contributed by atoms with van der Waals surface area (Å²) in [6.07, 6.45) is -0.667. The molecule has 2 heterocycles. The van der Waals surface area contributed by atoms with Crippen LogP contribution in [0.25, 0.3) is 0 Å². The average molecular weight is 615 g/mol. The molecule has 2 fully saturated rings. The number of nitrogens with zero attached hydrogens (tertiary/aromatic N) is 2. The van der Waals surface area contributed by atoms with E-state index in [2.05, 4.69) is 0 Å². The topological polar surface area (TPSA) is 135 Å². The van der Waals surface area contributed by atoms with Crippen LogP contribution < -0.4 is 9.80 Å². The molecule has 0 saturated carbocycles. The van der Waals surface area contributed by atoms with Gasteiger partial charge in [0.1, 0.15) is 0 Å². The van der Waals surface area contributed by atoms with Crippen molar-refractivity contribution in [1.29, 1.82) is 0 Å². The van der Waals surface area contributed by atoms with Gasteiger partial charge in [-0.3, -0.25) is 9.59 Å². The number of carboxylic acid groups (broad SMARTS) is 1. The molecule has 3 N–H and O–H groups in total. The minimum atomic E-state index is -1.61. The van der Waals surface area contributed by atoms with E-state index >= 15 is 0 Å². The van der Waals surface area contributed by atoms with Crippen molar-refractivity contribution in [2.24, 2.45) is 11.8 Å². The minimum absolute atomic E-state index is 0.0291. The van der Waals surface area contributed by atoms with Crippen molar-refractivity contribution in [3.63, 3.8) is 0 Å². The molecule has 2 atom stereocenters. The Morgan fingerprint density at radius 3 is 2.17 bits per heavy atom. The predicted molar refractivity (Wildman–Crippen MR) is 130 cm³/mol. The van der Waals surface area contributed by atoms with Crippen molar-refractivity contribution in [1.82, 2.24) is 0 Å². The molecule has 2 aliphatic rings. The second kappa shape index (κ2) is 12.3.